The molecule has 1 aromatic heterocycles. The summed E-state index contributed by atoms with van der Waals surface area (Å²) in [4.78, 5) is 25.9. The SMILES string of the molecule is COc1c(N2CCC(O)(CO)CC2)c(F)cc2c(=O)c(C(=O)O)cn(C3CC3)c12. The van der Waals surface area contributed by atoms with Crippen LogP contribution in [0.4, 0.5) is 10.1 Å². The molecule has 0 amide bonds. The van der Waals surface area contributed by atoms with Gasteiger partial charge in [-0.05, 0) is 31.7 Å². The van der Waals surface area contributed by atoms with Crippen LogP contribution in [0, 0.1) is 5.82 Å². The molecule has 1 aliphatic heterocycles. The number of aliphatic hydroxyl groups is 2. The lowest BCUT2D eigenvalue weighted by Gasteiger charge is -2.39. The summed E-state index contributed by atoms with van der Waals surface area (Å²) in [5, 5.41) is 29.0. The number of aromatic carboxylic acids is 1. The first kappa shape index (κ1) is 19.7. The lowest BCUT2D eigenvalue weighted by Crippen LogP contribution is -2.47. The Hall–Kier alpha value is -2.65. The van der Waals surface area contributed by atoms with E-state index in [0.717, 1.165) is 18.9 Å². The lowest BCUT2D eigenvalue weighted by atomic mass is 9.92. The number of hydrogen-bond donors (Lipinski definition) is 3. The number of hydrogen-bond acceptors (Lipinski definition) is 6. The van der Waals surface area contributed by atoms with Crippen molar-refractivity contribution in [3.63, 3.8) is 0 Å². The zero-order valence-electron chi connectivity index (χ0n) is 16.0. The number of carboxylic acid groups (broad SMARTS) is 1. The molecule has 2 heterocycles. The second kappa shape index (κ2) is 7.00. The molecule has 0 atom stereocenters. The Balaban J connectivity index is 1.93. The number of halogens is 1. The molecule has 1 aromatic carbocycles. The van der Waals surface area contributed by atoms with Crippen LogP contribution >= 0.6 is 0 Å². The molecule has 9 heteroatoms. The zero-order chi connectivity index (χ0) is 20.9. The summed E-state index contributed by atoms with van der Waals surface area (Å²) in [7, 11) is 1.39. The van der Waals surface area contributed by atoms with Gasteiger partial charge in [-0.25, -0.2) is 9.18 Å². The van der Waals surface area contributed by atoms with Crippen molar-refractivity contribution in [1.82, 2.24) is 4.57 Å². The van der Waals surface area contributed by atoms with Crippen LogP contribution in [0.3, 0.4) is 0 Å². The number of nitrogens with zero attached hydrogens (tertiary/aromatic N) is 2. The van der Waals surface area contributed by atoms with Crippen molar-refractivity contribution in [3.8, 4) is 5.75 Å². The van der Waals surface area contributed by atoms with Crippen LogP contribution in [0.1, 0.15) is 42.1 Å². The molecule has 29 heavy (non-hydrogen) atoms. The van der Waals surface area contributed by atoms with Crippen LogP contribution in [0.15, 0.2) is 17.1 Å². The second-order valence-electron chi connectivity index (χ2n) is 7.82. The average molecular weight is 406 g/mol. The summed E-state index contributed by atoms with van der Waals surface area (Å²) in [6.45, 7) is 0.241. The minimum Gasteiger partial charge on any atom is -0.492 e. The third-order valence-corrected chi connectivity index (χ3v) is 5.88. The van der Waals surface area contributed by atoms with Crippen molar-refractivity contribution in [3.05, 3.63) is 33.9 Å². The van der Waals surface area contributed by atoms with Crippen molar-refractivity contribution in [2.24, 2.45) is 0 Å². The number of anilines is 1. The minimum absolute atomic E-state index is 0.0289. The van der Waals surface area contributed by atoms with Crippen molar-refractivity contribution in [2.45, 2.75) is 37.3 Å². The van der Waals surface area contributed by atoms with Crippen LogP contribution in [0.25, 0.3) is 10.9 Å². The number of carbonyl (C=O) groups is 1. The first-order chi connectivity index (χ1) is 13.8. The summed E-state index contributed by atoms with van der Waals surface area (Å²) in [6, 6.07) is 1.11. The Morgan fingerprint density at radius 3 is 2.52 bits per heavy atom. The first-order valence-corrected chi connectivity index (χ1v) is 9.56. The molecule has 0 unspecified atom stereocenters. The van der Waals surface area contributed by atoms with Gasteiger partial charge in [-0.2, -0.15) is 0 Å². The highest BCUT2D eigenvalue weighted by molar-refractivity contribution is 5.97. The van der Waals surface area contributed by atoms with Crippen LogP contribution in [-0.4, -0.2) is 58.3 Å². The van der Waals surface area contributed by atoms with Crippen LogP contribution in [0.5, 0.6) is 5.75 Å². The van der Waals surface area contributed by atoms with E-state index >= 15 is 4.39 Å². The third-order valence-electron chi connectivity index (χ3n) is 5.88. The van der Waals surface area contributed by atoms with E-state index in [-0.39, 0.29) is 42.3 Å². The minimum atomic E-state index is -1.35. The van der Waals surface area contributed by atoms with Crippen molar-refractivity contribution in [1.29, 1.82) is 0 Å². The van der Waals surface area contributed by atoms with E-state index in [1.165, 1.54) is 13.3 Å². The van der Waals surface area contributed by atoms with Gasteiger partial charge >= 0.3 is 5.97 Å². The molecule has 1 aliphatic carbocycles. The smallest absolute Gasteiger partial charge is 0.341 e. The molecule has 0 radical (unpaired) electrons. The number of rotatable bonds is 5. The molecule has 4 rings (SSSR count). The maximum Gasteiger partial charge on any atom is 0.341 e. The molecule has 0 bridgehead atoms. The van der Waals surface area contributed by atoms with Gasteiger partial charge in [0, 0.05) is 25.3 Å². The van der Waals surface area contributed by atoms with Gasteiger partial charge in [0.2, 0.25) is 5.43 Å². The second-order valence-corrected chi connectivity index (χ2v) is 7.82. The summed E-state index contributed by atoms with van der Waals surface area (Å²) in [5.74, 6) is -1.87. The van der Waals surface area contributed by atoms with E-state index in [1.54, 1.807) is 9.47 Å². The number of methoxy groups -OCH3 is 1. The fraction of sp³-hybridized carbons (Fsp3) is 0.500. The molecule has 1 saturated carbocycles. The summed E-state index contributed by atoms with van der Waals surface area (Å²) in [6.07, 6.45) is 3.50. The fourth-order valence-electron chi connectivity index (χ4n) is 4.03. The molecule has 2 aliphatic rings. The van der Waals surface area contributed by atoms with E-state index in [0.29, 0.717) is 18.6 Å². The van der Waals surface area contributed by atoms with Gasteiger partial charge in [0.1, 0.15) is 11.3 Å². The summed E-state index contributed by atoms with van der Waals surface area (Å²) >= 11 is 0. The standard InChI is InChI=1S/C20H23FN2O6/c1-29-18-15-12(17(25)13(19(26)27)9-23(15)11-2-3-11)8-14(21)16(18)22-6-4-20(28,10-24)5-7-22/h8-9,11,24,28H,2-7,10H2,1H3,(H,26,27). The maximum absolute atomic E-state index is 15.2. The predicted octanol–water partition coefficient (Wildman–Crippen LogP) is 1.51. The van der Waals surface area contributed by atoms with Gasteiger partial charge in [-0.1, -0.05) is 0 Å². The van der Waals surface area contributed by atoms with Crippen molar-refractivity contribution >= 4 is 22.6 Å². The molecule has 1 saturated heterocycles. The number of aromatic nitrogens is 1. The van der Waals surface area contributed by atoms with E-state index < -0.39 is 28.4 Å². The monoisotopic (exact) mass is 406 g/mol. The van der Waals surface area contributed by atoms with Crippen molar-refractivity contribution < 1.29 is 29.2 Å². The van der Waals surface area contributed by atoms with E-state index in [1.807, 2.05) is 0 Å². The number of ether oxygens (including phenoxy) is 1. The van der Waals surface area contributed by atoms with Crippen molar-refractivity contribution in [2.75, 3.05) is 31.7 Å². The molecule has 8 nitrogen and oxygen atoms in total. The number of aliphatic hydroxyl groups excluding tert-OH is 1. The maximum atomic E-state index is 15.2. The molecule has 3 N–H and O–H groups in total. The Morgan fingerprint density at radius 1 is 1.34 bits per heavy atom. The Kier molecular flexibility index (Phi) is 4.74. The van der Waals surface area contributed by atoms with E-state index in [9.17, 15) is 24.9 Å². The lowest BCUT2D eigenvalue weighted by molar-refractivity contribution is -0.0326. The van der Waals surface area contributed by atoms with Crippen LogP contribution in [-0.2, 0) is 0 Å². The molecular weight excluding hydrogens is 383 g/mol. The highest BCUT2D eigenvalue weighted by Crippen LogP contribution is 2.44. The van der Waals surface area contributed by atoms with E-state index in [4.69, 9.17) is 4.74 Å². The largest absolute Gasteiger partial charge is 0.492 e. The average Bonchev–Trinajstić information content (AvgIpc) is 3.53. The van der Waals surface area contributed by atoms with Gasteiger partial charge in [-0.15, -0.1) is 0 Å². The Morgan fingerprint density at radius 2 is 2.00 bits per heavy atom. The Labute approximate surface area is 165 Å². The number of benzene rings is 1. The molecule has 156 valence electrons. The highest BCUT2D eigenvalue weighted by Gasteiger charge is 2.35. The van der Waals surface area contributed by atoms with Gasteiger partial charge in [0.05, 0.1) is 30.2 Å². The van der Waals surface area contributed by atoms with Gasteiger partial charge < -0.3 is 29.5 Å². The van der Waals surface area contributed by atoms with E-state index in [2.05, 4.69) is 0 Å². The fourth-order valence-corrected chi connectivity index (χ4v) is 4.03. The predicted molar refractivity (Wildman–Crippen MR) is 103 cm³/mol. The highest BCUT2D eigenvalue weighted by atomic mass is 19.1. The number of fused-ring (bicyclic) bond motifs is 1. The van der Waals surface area contributed by atoms with Crippen LogP contribution < -0.4 is 15.1 Å². The molecule has 2 fully saturated rings. The first-order valence-electron chi connectivity index (χ1n) is 9.56. The molecular formula is C20H23FN2O6. The molecule has 0 spiro atoms. The molecule has 2 aromatic rings. The number of piperidine rings is 1. The van der Waals surface area contributed by atoms with Gasteiger partial charge in [0.15, 0.2) is 11.6 Å². The van der Waals surface area contributed by atoms with Crippen LogP contribution in [0.2, 0.25) is 0 Å². The zero-order valence-corrected chi connectivity index (χ0v) is 16.0. The number of carboxylic acids is 1. The van der Waals surface area contributed by atoms with Gasteiger partial charge in [-0.3, -0.25) is 4.79 Å². The normalized spacial score (nSPS) is 18.8. The quantitative estimate of drug-likeness (QED) is 0.690. The summed E-state index contributed by atoms with van der Waals surface area (Å²) < 4.78 is 22.4. The summed E-state index contributed by atoms with van der Waals surface area (Å²) in [5.41, 5.74) is -1.78. The third kappa shape index (κ3) is 3.24. The topological polar surface area (TPSA) is 112 Å². The number of pyridine rings is 1. The van der Waals surface area contributed by atoms with Gasteiger partial charge in [0.25, 0.3) is 0 Å². The Bertz CT molecular complexity index is 1040.